The fourth-order valence-electron chi connectivity index (χ4n) is 4.55. The third kappa shape index (κ3) is 8.20. The lowest BCUT2D eigenvalue weighted by atomic mass is 9.96. The fourth-order valence-corrected chi connectivity index (χ4v) is 5.98. The van der Waals surface area contributed by atoms with Crippen LogP contribution < -0.4 is 5.32 Å². The number of benzene rings is 1. The average Bonchev–Trinajstić information content (AvgIpc) is 3.40. The molecule has 4 rings (SSSR count). The molecule has 232 valence electrons. The van der Waals surface area contributed by atoms with Gasteiger partial charge in [0, 0.05) is 38.9 Å². The maximum absolute atomic E-state index is 13.4. The number of hydrogen-bond acceptors (Lipinski definition) is 6. The summed E-state index contributed by atoms with van der Waals surface area (Å²) in [5.74, 6) is -0.198. The monoisotopic (exact) mass is 620 g/mol. The van der Waals surface area contributed by atoms with Crippen molar-refractivity contribution in [1.82, 2.24) is 29.6 Å². The normalized spacial score (nSPS) is 13.3. The molecule has 0 unspecified atom stereocenters. The lowest BCUT2D eigenvalue weighted by molar-refractivity contribution is 0.0886. The van der Waals surface area contributed by atoms with Crippen LogP contribution in [0.4, 0.5) is 0 Å². The van der Waals surface area contributed by atoms with Gasteiger partial charge >= 0.3 is 0 Å². The zero-order valence-corrected chi connectivity index (χ0v) is 30.0. The van der Waals surface area contributed by atoms with Crippen LogP contribution in [0.5, 0.6) is 0 Å². The van der Waals surface area contributed by atoms with E-state index in [0.29, 0.717) is 51.2 Å². The Morgan fingerprint density at radius 1 is 1.07 bits per heavy atom. The van der Waals surface area contributed by atoms with Crippen molar-refractivity contribution >= 4 is 45.8 Å². The molecule has 0 saturated heterocycles. The molecular weight excluding hydrogens is 573 g/mol. The van der Waals surface area contributed by atoms with Gasteiger partial charge in [-0.2, -0.15) is 5.10 Å². The number of hydrogen-bond donors (Lipinski definition) is 1. The van der Waals surface area contributed by atoms with Crippen molar-refractivity contribution in [3.05, 3.63) is 41.7 Å². The Morgan fingerprint density at radius 2 is 1.77 bits per heavy atom. The topological polar surface area (TPSA) is 96.1 Å². The van der Waals surface area contributed by atoms with Gasteiger partial charge in [0.15, 0.2) is 5.65 Å². The van der Waals surface area contributed by atoms with Gasteiger partial charge in [0.05, 0.1) is 22.9 Å². The summed E-state index contributed by atoms with van der Waals surface area (Å²) in [6.45, 7) is 24.6. The predicted molar refractivity (Wildman–Crippen MR) is 178 cm³/mol. The molecule has 1 amide bonds. The number of rotatable bonds is 10. The number of fused-ring (bicyclic) bond motifs is 2. The number of nitrogens with one attached hydrogen (secondary N) is 1. The number of carbonyl (C=O) groups is 1. The largest absolute Gasteiger partial charge is 0.408 e. The van der Waals surface area contributed by atoms with Gasteiger partial charge in [0.25, 0.3) is 5.91 Å². The van der Waals surface area contributed by atoms with E-state index >= 15 is 0 Å². The van der Waals surface area contributed by atoms with Gasteiger partial charge in [-0.05, 0) is 63.4 Å². The highest BCUT2D eigenvalue weighted by Gasteiger charge is 2.27. The van der Waals surface area contributed by atoms with Crippen molar-refractivity contribution in [1.29, 1.82) is 0 Å². The number of amides is 1. The van der Waals surface area contributed by atoms with E-state index in [4.69, 9.17) is 24.2 Å². The van der Waals surface area contributed by atoms with E-state index in [-0.39, 0.29) is 10.9 Å². The van der Waals surface area contributed by atoms with Crippen molar-refractivity contribution in [3.63, 3.8) is 0 Å². The van der Waals surface area contributed by atoms with Crippen molar-refractivity contribution < 1.29 is 14.0 Å². The minimum Gasteiger partial charge on any atom is -0.408 e. The van der Waals surface area contributed by atoms with E-state index in [2.05, 4.69) is 77.8 Å². The molecule has 4 aromatic rings. The van der Waals surface area contributed by atoms with Crippen LogP contribution in [-0.4, -0.2) is 60.2 Å². The lowest BCUT2D eigenvalue weighted by Gasteiger charge is -2.29. The van der Waals surface area contributed by atoms with Crippen LogP contribution in [0.2, 0.25) is 30.7 Å². The average molecular weight is 621 g/mol. The second-order valence-corrected chi connectivity index (χ2v) is 22.7. The first kappa shape index (κ1) is 33.0. The third-order valence-electron chi connectivity index (χ3n) is 6.93. The maximum Gasteiger partial charge on any atom is 0.255 e. The molecule has 1 aromatic carbocycles. The molecule has 2 radical (unpaired) electrons. The van der Waals surface area contributed by atoms with E-state index in [1.54, 1.807) is 12.4 Å². The lowest BCUT2D eigenvalue weighted by Crippen LogP contribution is -2.40. The quantitative estimate of drug-likeness (QED) is 0.153. The number of ether oxygens (including phenoxy) is 1. The van der Waals surface area contributed by atoms with E-state index in [1.165, 1.54) is 0 Å². The van der Waals surface area contributed by atoms with E-state index in [1.807, 2.05) is 37.1 Å². The summed E-state index contributed by atoms with van der Waals surface area (Å²) in [5, 5.41) is 8.97. The second-order valence-electron chi connectivity index (χ2n) is 15.2. The molecule has 0 atom stereocenters. The summed E-state index contributed by atoms with van der Waals surface area (Å²) >= 11 is 0. The van der Waals surface area contributed by atoms with Crippen LogP contribution >= 0.6 is 0 Å². The smallest absolute Gasteiger partial charge is 0.255 e. The number of aryl methyl sites for hydroxylation is 1. The van der Waals surface area contributed by atoms with Crippen LogP contribution in [0.3, 0.4) is 0 Å². The van der Waals surface area contributed by atoms with Gasteiger partial charge in [-0.15, -0.1) is 0 Å². The predicted octanol–water partition coefficient (Wildman–Crippen LogP) is 6.91. The number of aromatic nitrogens is 5. The maximum atomic E-state index is 13.4. The Morgan fingerprint density at radius 3 is 2.40 bits per heavy atom. The molecular formula is C32H48N6O3Si2. The highest BCUT2D eigenvalue weighted by Crippen LogP contribution is 2.34. The SMILES string of the molecule is Cn1nc(-c2cnc3c(n2)c(C(=O)NC(C)(C)C)cn3COCC[Si](C)(C)C)c2cc(C(C)(C)O[Si]C(C)(C)C)ccc21. The summed E-state index contributed by atoms with van der Waals surface area (Å²) in [6, 6.07) is 7.38. The molecule has 9 nitrogen and oxygen atoms in total. The molecule has 0 saturated carbocycles. The van der Waals surface area contributed by atoms with Gasteiger partial charge in [0.2, 0.25) is 9.76 Å². The Hall–Kier alpha value is -2.87. The number of nitrogens with zero attached hydrogens (tertiary/aromatic N) is 5. The van der Waals surface area contributed by atoms with Gasteiger partial charge in [-0.1, -0.05) is 46.5 Å². The zero-order valence-electron chi connectivity index (χ0n) is 28.0. The van der Waals surface area contributed by atoms with Crippen molar-refractivity contribution in [3.8, 4) is 11.4 Å². The summed E-state index contributed by atoms with van der Waals surface area (Å²) in [7, 11) is 1.06. The molecule has 3 heterocycles. The highest BCUT2D eigenvalue weighted by atomic mass is 28.3. The molecule has 0 bridgehead atoms. The Bertz CT molecular complexity index is 1620. The van der Waals surface area contributed by atoms with Gasteiger partial charge in [0.1, 0.15) is 23.6 Å². The minimum atomic E-state index is -1.23. The molecule has 11 heteroatoms. The summed E-state index contributed by atoms with van der Waals surface area (Å²) in [5.41, 5.74) is 4.07. The molecule has 0 spiro atoms. The number of carbonyl (C=O) groups excluding carboxylic acids is 1. The van der Waals surface area contributed by atoms with E-state index in [9.17, 15) is 4.79 Å². The van der Waals surface area contributed by atoms with Gasteiger partial charge in [-0.3, -0.25) is 9.48 Å². The van der Waals surface area contributed by atoms with Crippen LogP contribution in [0, 0.1) is 0 Å². The van der Waals surface area contributed by atoms with Crippen molar-refractivity contribution in [2.45, 2.75) is 104 Å². The first-order valence-electron chi connectivity index (χ1n) is 14.9. The Balaban J connectivity index is 1.77. The van der Waals surface area contributed by atoms with Crippen molar-refractivity contribution in [2.24, 2.45) is 7.05 Å². The zero-order chi connectivity index (χ0) is 32.0. The summed E-state index contributed by atoms with van der Waals surface area (Å²) in [6.07, 6.45) is 3.54. The molecule has 0 aliphatic rings. The molecule has 1 N–H and O–H groups in total. The van der Waals surface area contributed by atoms with E-state index in [0.717, 1.165) is 22.5 Å². The van der Waals surface area contributed by atoms with Gasteiger partial charge in [-0.25, -0.2) is 9.97 Å². The van der Waals surface area contributed by atoms with Gasteiger partial charge < -0.3 is 19.0 Å². The van der Waals surface area contributed by atoms with Crippen LogP contribution in [0.25, 0.3) is 33.5 Å². The first-order valence-corrected chi connectivity index (χ1v) is 19.5. The van der Waals surface area contributed by atoms with E-state index < -0.39 is 19.2 Å². The van der Waals surface area contributed by atoms with Crippen LogP contribution in [-0.2, 0) is 28.5 Å². The van der Waals surface area contributed by atoms with Crippen LogP contribution in [0.1, 0.15) is 71.3 Å². The standard InChI is InChI=1S/C32H48N6O3Si2/c1-30(2,3)35-29(39)23-19-38(20-40-15-16-43(10,11)12)28-27(23)34-24(18-33-28)26-22-17-21(13-14-25(22)37(9)36-26)32(7,8)41-42-31(4,5)6/h13-14,17-19H,15-16,20H2,1-12H3,(H,35,39). The molecule has 0 fully saturated rings. The van der Waals surface area contributed by atoms with Crippen molar-refractivity contribution in [2.75, 3.05) is 6.61 Å². The summed E-state index contributed by atoms with van der Waals surface area (Å²) in [4.78, 5) is 23.3. The summed E-state index contributed by atoms with van der Waals surface area (Å²) < 4.78 is 16.2. The minimum absolute atomic E-state index is 0.0819. The molecule has 3 aromatic heterocycles. The first-order chi connectivity index (χ1) is 19.7. The molecule has 0 aliphatic heterocycles. The third-order valence-corrected chi connectivity index (χ3v) is 9.85. The van der Waals surface area contributed by atoms with Crippen LogP contribution in [0.15, 0.2) is 30.6 Å². The fraction of sp³-hybridized carbons (Fsp3) is 0.562. The Kier molecular flexibility index (Phi) is 9.15. The second kappa shape index (κ2) is 11.9. The molecule has 0 aliphatic carbocycles. The molecule has 43 heavy (non-hydrogen) atoms. The Labute approximate surface area is 259 Å². The highest BCUT2D eigenvalue weighted by molar-refractivity contribution is 6.76.